The van der Waals surface area contributed by atoms with Gasteiger partial charge >= 0.3 is 0 Å². The predicted molar refractivity (Wildman–Crippen MR) is 67.2 cm³/mol. The molecule has 17 heavy (non-hydrogen) atoms. The molecule has 0 bridgehead atoms. The Kier molecular flexibility index (Phi) is 3.27. The lowest BCUT2D eigenvalue weighted by Crippen LogP contribution is -1.99. The van der Waals surface area contributed by atoms with Gasteiger partial charge in [0.25, 0.3) is 0 Å². The highest BCUT2D eigenvalue weighted by molar-refractivity contribution is 5.58. The van der Waals surface area contributed by atoms with E-state index in [0.29, 0.717) is 6.61 Å². The Hall–Kier alpha value is -2.04. The second-order valence-electron chi connectivity index (χ2n) is 3.61. The first-order valence-electron chi connectivity index (χ1n) is 5.56. The normalized spacial score (nSPS) is 10.3. The fourth-order valence-corrected chi connectivity index (χ4v) is 1.67. The van der Waals surface area contributed by atoms with Crippen molar-refractivity contribution in [3.8, 4) is 17.1 Å². The number of hydrogen-bond donors (Lipinski definition) is 1. The minimum atomic E-state index is 0.674. The molecule has 0 aliphatic heterocycles. The Labute approximate surface area is 100 Å². The van der Waals surface area contributed by atoms with E-state index in [2.05, 4.69) is 15.5 Å². The van der Waals surface area contributed by atoms with E-state index >= 15 is 0 Å². The lowest BCUT2D eigenvalue weighted by atomic mass is 10.2. The van der Waals surface area contributed by atoms with E-state index in [1.807, 2.05) is 49.9 Å². The van der Waals surface area contributed by atoms with Crippen LogP contribution in [0.25, 0.3) is 11.4 Å². The number of nitrogens with one attached hydrogen (secondary N) is 1. The number of hydrogen-bond acceptors (Lipinski definition) is 4. The molecule has 0 radical (unpaired) electrons. The molecule has 0 aliphatic rings. The smallest absolute Gasteiger partial charge is 0.224 e. The van der Waals surface area contributed by atoms with E-state index in [0.717, 1.165) is 23.1 Å². The van der Waals surface area contributed by atoms with Crippen LogP contribution in [0.5, 0.6) is 5.75 Å². The van der Waals surface area contributed by atoms with Gasteiger partial charge in [-0.3, -0.25) is 4.57 Å². The zero-order valence-electron chi connectivity index (χ0n) is 10.3. The molecule has 0 atom stereocenters. The minimum Gasteiger partial charge on any atom is -0.494 e. The molecule has 0 aliphatic carbocycles. The Morgan fingerprint density at radius 2 is 1.94 bits per heavy atom. The van der Waals surface area contributed by atoms with E-state index in [1.54, 1.807) is 0 Å². The molecule has 5 nitrogen and oxygen atoms in total. The third-order valence-electron chi connectivity index (χ3n) is 2.52. The molecule has 0 saturated heterocycles. The maximum absolute atomic E-state index is 5.40. The summed E-state index contributed by atoms with van der Waals surface area (Å²) < 4.78 is 7.31. The average molecular weight is 232 g/mol. The van der Waals surface area contributed by atoms with Crippen LogP contribution < -0.4 is 10.1 Å². The first-order valence-corrected chi connectivity index (χ1v) is 5.56. The van der Waals surface area contributed by atoms with Crippen LogP contribution in [0.1, 0.15) is 6.92 Å². The van der Waals surface area contributed by atoms with E-state index in [4.69, 9.17) is 4.74 Å². The quantitative estimate of drug-likeness (QED) is 0.875. The molecule has 0 saturated carbocycles. The predicted octanol–water partition coefficient (Wildman–Crippen LogP) is 1.92. The van der Waals surface area contributed by atoms with E-state index in [9.17, 15) is 0 Å². The lowest BCUT2D eigenvalue weighted by molar-refractivity contribution is 0.340. The summed E-state index contributed by atoms with van der Waals surface area (Å²) >= 11 is 0. The van der Waals surface area contributed by atoms with Gasteiger partial charge in [-0.2, -0.15) is 0 Å². The summed E-state index contributed by atoms with van der Waals surface area (Å²) in [5.41, 5.74) is 1.02. The van der Waals surface area contributed by atoms with Gasteiger partial charge in [-0.1, -0.05) is 0 Å². The van der Waals surface area contributed by atoms with E-state index in [1.165, 1.54) is 0 Å². The highest BCUT2D eigenvalue weighted by Crippen LogP contribution is 2.21. The maximum atomic E-state index is 5.40. The van der Waals surface area contributed by atoms with Gasteiger partial charge in [0.15, 0.2) is 5.82 Å². The number of anilines is 1. The third kappa shape index (κ3) is 2.22. The van der Waals surface area contributed by atoms with Crippen LogP contribution in [0.3, 0.4) is 0 Å². The molecule has 1 N–H and O–H groups in total. The molecule has 0 unspecified atom stereocenters. The standard InChI is InChI=1S/C12H16N4O/c1-4-17-10-7-5-9(6-8-10)11-14-15-12(13-2)16(11)3/h5-8H,4H2,1-3H3,(H,13,15). The number of aromatic nitrogens is 3. The molecular formula is C12H16N4O. The van der Waals surface area contributed by atoms with E-state index in [-0.39, 0.29) is 0 Å². The Balaban J connectivity index is 2.30. The second kappa shape index (κ2) is 4.86. The van der Waals surface area contributed by atoms with Crippen LogP contribution in [0.15, 0.2) is 24.3 Å². The van der Waals surface area contributed by atoms with Crippen molar-refractivity contribution in [3.05, 3.63) is 24.3 Å². The summed E-state index contributed by atoms with van der Waals surface area (Å²) in [6.07, 6.45) is 0. The zero-order valence-corrected chi connectivity index (χ0v) is 10.3. The SMILES string of the molecule is CCOc1ccc(-c2nnc(NC)n2C)cc1. The Bertz CT molecular complexity index is 490. The highest BCUT2D eigenvalue weighted by Gasteiger charge is 2.09. The maximum Gasteiger partial charge on any atom is 0.224 e. The van der Waals surface area contributed by atoms with Crippen molar-refractivity contribution in [2.75, 3.05) is 19.0 Å². The van der Waals surface area contributed by atoms with Gasteiger partial charge in [0.2, 0.25) is 5.95 Å². The summed E-state index contributed by atoms with van der Waals surface area (Å²) in [6, 6.07) is 7.84. The van der Waals surface area contributed by atoms with Gasteiger partial charge in [0.1, 0.15) is 5.75 Å². The molecule has 2 rings (SSSR count). The molecule has 5 heteroatoms. The van der Waals surface area contributed by atoms with Crippen LogP contribution in [0, 0.1) is 0 Å². The molecule has 0 amide bonds. The van der Waals surface area contributed by atoms with Crippen molar-refractivity contribution < 1.29 is 4.74 Å². The fourth-order valence-electron chi connectivity index (χ4n) is 1.67. The highest BCUT2D eigenvalue weighted by atomic mass is 16.5. The molecule has 90 valence electrons. The van der Waals surface area contributed by atoms with Crippen LogP contribution in [-0.4, -0.2) is 28.4 Å². The molecule has 0 fully saturated rings. The molecule has 1 aromatic carbocycles. The first kappa shape index (κ1) is 11.4. The van der Waals surface area contributed by atoms with Crippen LogP contribution in [0.4, 0.5) is 5.95 Å². The van der Waals surface area contributed by atoms with Gasteiger partial charge in [-0.15, -0.1) is 10.2 Å². The van der Waals surface area contributed by atoms with Crippen molar-refractivity contribution in [3.63, 3.8) is 0 Å². The third-order valence-corrected chi connectivity index (χ3v) is 2.52. The summed E-state index contributed by atoms with van der Waals surface area (Å²) in [5.74, 6) is 2.44. The van der Waals surface area contributed by atoms with Crippen molar-refractivity contribution >= 4 is 5.95 Å². The first-order chi connectivity index (χ1) is 8.26. The number of ether oxygens (including phenoxy) is 1. The number of nitrogens with zero attached hydrogens (tertiary/aromatic N) is 3. The van der Waals surface area contributed by atoms with Crippen molar-refractivity contribution in [2.24, 2.45) is 7.05 Å². The van der Waals surface area contributed by atoms with Gasteiger partial charge < -0.3 is 10.1 Å². The minimum absolute atomic E-state index is 0.674. The second-order valence-corrected chi connectivity index (χ2v) is 3.61. The van der Waals surface area contributed by atoms with Gasteiger partial charge in [-0.25, -0.2) is 0 Å². The summed E-state index contributed by atoms with van der Waals surface area (Å²) in [4.78, 5) is 0. The van der Waals surface area contributed by atoms with Crippen LogP contribution in [0.2, 0.25) is 0 Å². The van der Waals surface area contributed by atoms with Gasteiger partial charge in [0.05, 0.1) is 6.61 Å². The van der Waals surface area contributed by atoms with Crippen LogP contribution in [-0.2, 0) is 7.05 Å². The van der Waals surface area contributed by atoms with Crippen molar-refractivity contribution in [2.45, 2.75) is 6.92 Å². The molecule has 1 heterocycles. The van der Waals surface area contributed by atoms with E-state index < -0.39 is 0 Å². The molecule has 1 aromatic heterocycles. The Morgan fingerprint density at radius 1 is 1.24 bits per heavy atom. The summed E-state index contributed by atoms with van der Waals surface area (Å²) in [7, 11) is 3.75. The van der Waals surface area contributed by atoms with Crippen LogP contribution >= 0.6 is 0 Å². The van der Waals surface area contributed by atoms with Crippen molar-refractivity contribution in [1.82, 2.24) is 14.8 Å². The van der Waals surface area contributed by atoms with Crippen molar-refractivity contribution in [1.29, 1.82) is 0 Å². The molecule has 0 spiro atoms. The Morgan fingerprint density at radius 3 is 2.47 bits per heavy atom. The topological polar surface area (TPSA) is 52.0 Å². The van der Waals surface area contributed by atoms with Gasteiger partial charge in [0, 0.05) is 19.7 Å². The lowest BCUT2D eigenvalue weighted by Gasteiger charge is -2.05. The molecule has 2 aromatic rings. The fraction of sp³-hybridized carbons (Fsp3) is 0.333. The number of rotatable bonds is 4. The average Bonchev–Trinajstić information content (AvgIpc) is 2.72. The monoisotopic (exact) mass is 232 g/mol. The zero-order chi connectivity index (χ0) is 12.3. The summed E-state index contributed by atoms with van der Waals surface area (Å²) in [5, 5.41) is 11.2. The summed E-state index contributed by atoms with van der Waals surface area (Å²) in [6.45, 7) is 2.64. The largest absolute Gasteiger partial charge is 0.494 e. The molecular weight excluding hydrogens is 216 g/mol. The number of benzene rings is 1. The van der Waals surface area contributed by atoms with Gasteiger partial charge in [-0.05, 0) is 31.2 Å².